The van der Waals surface area contributed by atoms with Gasteiger partial charge in [0.25, 0.3) is 11.8 Å². The number of benzene rings is 3. The molecule has 3 fully saturated rings. The van der Waals surface area contributed by atoms with Crippen molar-refractivity contribution < 1.29 is 24.3 Å². The van der Waals surface area contributed by atoms with Gasteiger partial charge in [-0.15, -0.1) is 0 Å². The van der Waals surface area contributed by atoms with E-state index in [4.69, 9.17) is 11.6 Å². The number of hydrazine groups is 1. The number of hydrogen-bond acceptors (Lipinski definition) is 6. The molecule has 1 saturated carbocycles. The summed E-state index contributed by atoms with van der Waals surface area (Å²) in [6, 6.07) is 21.4. The van der Waals surface area contributed by atoms with E-state index in [1.807, 2.05) is 88.4 Å². The van der Waals surface area contributed by atoms with Gasteiger partial charge in [-0.3, -0.25) is 29.5 Å². The highest BCUT2D eigenvalue weighted by Crippen LogP contribution is 2.65. The second-order valence-corrected chi connectivity index (χ2v) is 14.4. The number of aromatic hydroxyl groups is 1. The summed E-state index contributed by atoms with van der Waals surface area (Å²) in [5, 5.41) is 11.7. The molecule has 9 heteroatoms. The summed E-state index contributed by atoms with van der Waals surface area (Å²) in [6.07, 6.45) is 2.55. The zero-order valence-electron chi connectivity index (χ0n) is 26.2. The number of imide groups is 2. The third kappa shape index (κ3) is 4.26. The maximum Gasteiger partial charge on any atom is 0.260 e. The molecular formula is C37H36ClN3O5. The first-order valence-electron chi connectivity index (χ1n) is 15.7. The Balaban J connectivity index is 1.46. The zero-order chi connectivity index (χ0) is 32.7. The number of nitrogens with one attached hydrogen (secondary N) is 1. The number of hydrogen-bond donors (Lipinski definition) is 2. The van der Waals surface area contributed by atoms with Crippen LogP contribution in [0, 0.1) is 30.6 Å². The molecule has 8 nitrogen and oxygen atoms in total. The molecule has 46 heavy (non-hydrogen) atoms. The van der Waals surface area contributed by atoms with Crippen molar-refractivity contribution >= 4 is 40.9 Å². The second-order valence-electron chi connectivity index (χ2n) is 14.0. The third-order valence-corrected chi connectivity index (χ3v) is 10.7. The van der Waals surface area contributed by atoms with Gasteiger partial charge in [-0.05, 0) is 81.8 Å². The minimum Gasteiger partial charge on any atom is -0.508 e. The van der Waals surface area contributed by atoms with Crippen LogP contribution >= 0.6 is 11.6 Å². The Morgan fingerprint density at radius 3 is 2.24 bits per heavy atom. The van der Waals surface area contributed by atoms with Crippen molar-refractivity contribution in [3.05, 3.63) is 106 Å². The molecule has 0 radical (unpaired) electrons. The van der Waals surface area contributed by atoms with Crippen LogP contribution in [0.2, 0.25) is 5.02 Å². The molecule has 0 aromatic heterocycles. The number of halogens is 1. The number of amides is 4. The Hall–Kier alpha value is -4.43. The maximum absolute atomic E-state index is 15.1. The van der Waals surface area contributed by atoms with E-state index in [1.165, 1.54) is 17.0 Å². The van der Waals surface area contributed by atoms with Crippen molar-refractivity contribution in [1.82, 2.24) is 9.91 Å². The Kier molecular flexibility index (Phi) is 6.94. The zero-order valence-corrected chi connectivity index (χ0v) is 26.9. The molecule has 236 valence electrons. The van der Waals surface area contributed by atoms with Crippen LogP contribution in [-0.4, -0.2) is 44.2 Å². The Bertz CT molecular complexity index is 1810. The number of rotatable bonds is 4. The minimum absolute atomic E-state index is 0.0296. The van der Waals surface area contributed by atoms with Crippen molar-refractivity contribution in [2.24, 2.45) is 23.7 Å². The predicted molar refractivity (Wildman–Crippen MR) is 174 cm³/mol. The number of carbonyl (C=O) groups is 4. The highest BCUT2D eigenvalue weighted by molar-refractivity contribution is 6.31. The van der Waals surface area contributed by atoms with E-state index < -0.39 is 52.4 Å². The van der Waals surface area contributed by atoms with Crippen LogP contribution in [0.4, 0.5) is 5.69 Å². The van der Waals surface area contributed by atoms with Gasteiger partial charge < -0.3 is 5.11 Å². The molecule has 4 aliphatic rings. The monoisotopic (exact) mass is 637 g/mol. The fraction of sp³-hybridized carbons (Fsp3) is 0.351. The molecule has 0 spiro atoms. The van der Waals surface area contributed by atoms with Crippen LogP contribution in [-0.2, 0) is 24.6 Å². The Morgan fingerprint density at radius 2 is 1.59 bits per heavy atom. The van der Waals surface area contributed by atoms with Crippen LogP contribution in [0.1, 0.15) is 56.2 Å². The molecule has 2 saturated heterocycles. The number of likely N-dealkylation sites (tertiary alicyclic amines) is 1. The highest BCUT2D eigenvalue weighted by atomic mass is 35.5. The number of carbonyl (C=O) groups excluding carboxylic acids is 4. The minimum atomic E-state index is -1.42. The lowest BCUT2D eigenvalue weighted by Crippen LogP contribution is -2.53. The van der Waals surface area contributed by atoms with Crippen molar-refractivity contribution in [2.75, 3.05) is 5.43 Å². The summed E-state index contributed by atoms with van der Waals surface area (Å²) in [4.78, 5) is 59.0. The SMILES string of the molecule is Cc1ccc(NN2C(=O)[C@@H]3C[C@@H]4C(=CC[C@@H]5C(=O)N(C(C)(C)C)C(=O)[C@@H]54)[C@H](c4ccc(O)cc4Cl)[C@]3(c3ccccc3)C2=O)cc1. The van der Waals surface area contributed by atoms with Gasteiger partial charge in [0, 0.05) is 16.5 Å². The van der Waals surface area contributed by atoms with Gasteiger partial charge in [0.05, 0.1) is 28.9 Å². The average Bonchev–Trinajstić information content (AvgIpc) is 3.40. The highest BCUT2D eigenvalue weighted by Gasteiger charge is 2.70. The first-order chi connectivity index (χ1) is 21.9. The molecule has 3 aromatic rings. The lowest BCUT2D eigenvalue weighted by molar-refractivity contribution is -0.146. The van der Waals surface area contributed by atoms with Crippen LogP contribution in [0.25, 0.3) is 0 Å². The first kappa shape index (κ1) is 30.2. The van der Waals surface area contributed by atoms with Gasteiger partial charge in [0.15, 0.2) is 0 Å². The van der Waals surface area contributed by atoms with Crippen molar-refractivity contribution in [3.63, 3.8) is 0 Å². The van der Waals surface area contributed by atoms with Gasteiger partial charge in [0.1, 0.15) is 5.75 Å². The molecule has 0 bridgehead atoms. The number of anilines is 1. The lowest BCUT2D eigenvalue weighted by Gasteiger charge is -2.50. The van der Waals surface area contributed by atoms with E-state index in [0.29, 0.717) is 23.2 Å². The molecule has 2 N–H and O–H groups in total. The molecule has 4 amide bonds. The maximum atomic E-state index is 15.1. The molecule has 0 unspecified atom stereocenters. The van der Waals surface area contributed by atoms with Crippen molar-refractivity contribution in [1.29, 1.82) is 0 Å². The summed E-state index contributed by atoms with van der Waals surface area (Å²) in [5.41, 5.74) is 4.65. The molecular weight excluding hydrogens is 602 g/mol. The van der Waals surface area contributed by atoms with E-state index in [-0.39, 0.29) is 29.0 Å². The quantitative estimate of drug-likeness (QED) is 0.263. The molecule has 3 aromatic carbocycles. The summed E-state index contributed by atoms with van der Waals surface area (Å²) < 4.78 is 0. The number of phenolic OH excluding ortho intramolecular Hbond substituents is 1. The van der Waals surface area contributed by atoms with Gasteiger partial charge in [0.2, 0.25) is 11.8 Å². The number of nitrogens with zero attached hydrogens (tertiary/aromatic N) is 2. The van der Waals surface area contributed by atoms with E-state index in [9.17, 15) is 19.5 Å². The summed E-state index contributed by atoms with van der Waals surface area (Å²) in [7, 11) is 0. The Labute approximate surface area is 273 Å². The largest absolute Gasteiger partial charge is 0.508 e. The fourth-order valence-electron chi connectivity index (χ4n) is 8.50. The van der Waals surface area contributed by atoms with E-state index in [1.54, 1.807) is 6.07 Å². The van der Waals surface area contributed by atoms with Crippen LogP contribution in [0.5, 0.6) is 5.75 Å². The van der Waals surface area contributed by atoms with Crippen LogP contribution in [0.3, 0.4) is 0 Å². The molecule has 2 aliphatic heterocycles. The summed E-state index contributed by atoms with van der Waals surface area (Å²) in [6.45, 7) is 7.51. The lowest BCUT2D eigenvalue weighted by atomic mass is 9.49. The third-order valence-electron chi connectivity index (χ3n) is 10.4. The van der Waals surface area contributed by atoms with E-state index in [0.717, 1.165) is 16.1 Å². The Morgan fingerprint density at radius 1 is 0.891 bits per heavy atom. The number of aryl methyl sites for hydroxylation is 1. The number of fused-ring (bicyclic) bond motifs is 4. The van der Waals surface area contributed by atoms with Gasteiger partial charge in [-0.25, -0.2) is 0 Å². The molecule has 2 heterocycles. The van der Waals surface area contributed by atoms with E-state index >= 15 is 4.79 Å². The van der Waals surface area contributed by atoms with Gasteiger partial charge >= 0.3 is 0 Å². The topological polar surface area (TPSA) is 107 Å². The van der Waals surface area contributed by atoms with Crippen LogP contribution in [0.15, 0.2) is 84.4 Å². The van der Waals surface area contributed by atoms with Gasteiger partial charge in [-0.2, -0.15) is 5.01 Å². The molecule has 6 atom stereocenters. The van der Waals surface area contributed by atoms with E-state index in [2.05, 4.69) is 5.43 Å². The number of phenols is 1. The second kappa shape index (κ2) is 10.6. The first-order valence-corrected chi connectivity index (χ1v) is 16.1. The van der Waals surface area contributed by atoms with Crippen LogP contribution < -0.4 is 5.43 Å². The smallest absolute Gasteiger partial charge is 0.260 e. The van der Waals surface area contributed by atoms with Crippen molar-refractivity contribution in [3.8, 4) is 5.75 Å². The molecule has 7 rings (SSSR count). The normalized spacial score (nSPS) is 29.0. The predicted octanol–water partition coefficient (Wildman–Crippen LogP) is 6.14. The summed E-state index contributed by atoms with van der Waals surface area (Å²) >= 11 is 6.90. The average molecular weight is 638 g/mol. The van der Waals surface area contributed by atoms with Crippen molar-refractivity contribution in [2.45, 2.75) is 57.4 Å². The summed E-state index contributed by atoms with van der Waals surface area (Å²) in [5.74, 6) is -4.61. The number of allylic oxidation sites excluding steroid dienone is 2. The fourth-order valence-corrected chi connectivity index (χ4v) is 8.79. The standard InChI is InChI=1S/C37H36ClN3O5/c1-20-10-12-22(13-11-20)39-41-33(44)28-19-27-24(16-17-26-30(27)34(45)40(32(26)43)36(2,3)4)31(25-15-14-23(42)18-29(25)38)37(28,35(41)46)21-8-6-5-7-9-21/h5-16,18,26-28,30-31,39,42H,17,19H2,1-4H3/t26-,27+,28-,30-,31+,37+/m0/s1. The molecule has 2 aliphatic carbocycles. The van der Waals surface area contributed by atoms with Gasteiger partial charge in [-0.1, -0.05) is 77.3 Å².